The van der Waals surface area contributed by atoms with Gasteiger partial charge in [0.2, 0.25) is 0 Å². The third-order valence-corrected chi connectivity index (χ3v) is 6.86. The van der Waals surface area contributed by atoms with Crippen LogP contribution in [-0.4, -0.2) is 16.5 Å². The summed E-state index contributed by atoms with van der Waals surface area (Å²) in [6, 6.07) is 0. The first-order chi connectivity index (χ1) is 19.0. The van der Waals surface area contributed by atoms with Crippen LogP contribution in [0.25, 0.3) is 0 Å². The summed E-state index contributed by atoms with van der Waals surface area (Å²) in [5, 5.41) is 0. The van der Waals surface area contributed by atoms with Crippen LogP contribution in [0.1, 0.15) is 20.3 Å². The van der Waals surface area contributed by atoms with E-state index < -0.39 is 128 Å². The van der Waals surface area contributed by atoms with E-state index in [2.05, 4.69) is 0 Å². The maximum Gasteiger partial charge on any atom is 0.377 e. The maximum atomic E-state index is 15.5. The second-order valence-electron chi connectivity index (χ2n) is 8.93. The van der Waals surface area contributed by atoms with Crippen molar-refractivity contribution in [3.63, 3.8) is 0 Å². The van der Waals surface area contributed by atoms with E-state index in [-0.39, 0.29) is 4.49 Å². The van der Waals surface area contributed by atoms with Crippen molar-refractivity contribution in [3.05, 3.63) is 99.0 Å². The van der Waals surface area contributed by atoms with E-state index in [1.807, 2.05) is 0 Å². The fourth-order valence-electron chi connectivity index (χ4n) is 5.22. The molecule has 41 heavy (non-hydrogen) atoms. The molecule has 0 bridgehead atoms. The Morgan fingerprint density at radius 2 is 0.634 bits per heavy atom. The number of halogens is 15. The Balaban J connectivity index is 2.58. The quantitative estimate of drug-likeness (QED) is 0.159. The molecule has 0 saturated heterocycles. The van der Waals surface area contributed by atoms with Gasteiger partial charge in [-0.3, -0.25) is 0 Å². The van der Waals surface area contributed by atoms with Crippen LogP contribution in [0.2, 0.25) is 0 Å². The maximum absolute atomic E-state index is 15.5. The van der Waals surface area contributed by atoms with Crippen LogP contribution in [0.4, 0.5) is 65.9 Å². The molecule has 1 aliphatic rings. The molecular weight excluding hydrogens is 598 g/mol. The predicted molar refractivity (Wildman–Crippen MR) is 113 cm³/mol. The normalized spacial score (nSPS) is 13.9. The minimum absolute atomic E-state index is 0.00876. The largest absolute Gasteiger partial charge is 0.413 e. The Hall–Kier alpha value is -3.92. The Morgan fingerprint density at radius 3 is 0.829 bits per heavy atom. The molecule has 0 fully saturated rings. The molecule has 3 aromatic rings. The summed E-state index contributed by atoms with van der Waals surface area (Å²) in [6.07, 6.45) is -5.36. The lowest BCUT2D eigenvalue weighted by Gasteiger charge is -2.40. The van der Waals surface area contributed by atoms with Crippen molar-refractivity contribution in [2.24, 2.45) is 0 Å². The number of hydrogen-bond acceptors (Lipinski definition) is 0. The average Bonchev–Trinajstić information content (AvgIpc) is 3.28. The molecule has 0 aromatic heterocycles. The minimum atomic E-state index is -5.78. The van der Waals surface area contributed by atoms with Crippen LogP contribution in [-0.2, 0) is 0 Å². The first-order valence-corrected chi connectivity index (χ1v) is 11.0. The Kier molecular flexibility index (Phi) is 7.23. The zero-order chi connectivity index (χ0) is 31.0. The smallest absolute Gasteiger partial charge is 0.377 e. The molecule has 0 unspecified atom stereocenters. The van der Waals surface area contributed by atoms with Gasteiger partial charge in [-0.05, 0) is 22.5 Å². The van der Waals surface area contributed by atoms with Gasteiger partial charge in [-0.1, -0.05) is 0 Å². The molecule has 0 radical (unpaired) electrons. The summed E-state index contributed by atoms with van der Waals surface area (Å²) in [5.74, 6) is -45.4. The van der Waals surface area contributed by atoms with E-state index in [4.69, 9.17) is 0 Å². The van der Waals surface area contributed by atoms with Gasteiger partial charge < -0.3 is 4.49 Å². The molecule has 0 amide bonds. The fourth-order valence-corrected chi connectivity index (χ4v) is 5.22. The number of rotatable bonds is 4. The molecule has 0 atom stereocenters. The summed E-state index contributed by atoms with van der Waals surface area (Å²) < 4.78 is 222. The lowest BCUT2D eigenvalue weighted by Crippen LogP contribution is -2.79. The number of nitrogens with zero attached hydrogens (tertiary/aromatic N) is 1. The van der Waals surface area contributed by atoms with E-state index >= 15 is 26.3 Å². The zero-order valence-electron chi connectivity index (χ0n) is 20.0. The van der Waals surface area contributed by atoms with Crippen molar-refractivity contribution in [2.75, 3.05) is 0 Å². The number of hydrogen-bond donors (Lipinski definition) is 0. The highest BCUT2D eigenvalue weighted by molar-refractivity contribution is 7.06. The van der Waals surface area contributed by atoms with E-state index in [1.54, 1.807) is 0 Å². The minimum Gasteiger partial charge on any atom is -0.413 e. The summed E-state index contributed by atoms with van der Waals surface area (Å²) in [4.78, 5) is 0. The molecule has 0 N–H and O–H groups in total. The molecular formula is C24H9BF15N. The molecule has 0 aliphatic carbocycles. The van der Waals surface area contributed by atoms with Crippen molar-refractivity contribution in [1.82, 2.24) is 0 Å². The van der Waals surface area contributed by atoms with Crippen molar-refractivity contribution in [2.45, 2.75) is 20.3 Å². The lowest BCUT2D eigenvalue weighted by atomic mass is 9.22. The Labute approximate surface area is 218 Å². The van der Waals surface area contributed by atoms with Crippen molar-refractivity contribution in [1.29, 1.82) is 0 Å². The average molecular weight is 607 g/mol. The van der Waals surface area contributed by atoms with Crippen LogP contribution >= 0.6 is 0 Å². The standard InChI is InChI=1S/C24H9BF15N/c1-5-3-4-6(2)41(5)25(7-10(26)16(32)22(38)17(33)11(7)27,8-12(28)18(34)23(39)19(35)13(8)29)9-14(30)20(36)24(40)21(37)15(9)31/h3H,4H2,1-2H3. The van der Waals surface area contributed by atoms with Crippen molar-refractivity contribution in [3.8, 4) is 0 Å². The van der Waals surface area contributed by atoms with E-state index in [9.17, 15) is 39.5 Å². The Bertz CT molecular complexity index is 1490. The van der Waals surface area contributed by atoms with Crippen LogP contribution in [0.5, 0.6) is 0 Å². The number of allylic oxidation sites excluding steroid dienone is 2. The molecule has 4 rings (SSSR count). The van der Waals surface area contributed by atoms with E-state index in [0.29, 0.717) is 0 Å². The molecule has 0 saturated carbocycles. The Morgan fingerprint density at radius 1 is 0.415 bits per heavy atom. The summed E-state index contributed by atoms with van der Waals surface area (Å²) in [6.45, 7) is 1.69. The molecule has 0 spiro atoms. The second-order valence-corrected chi connectivity index (χ2v) is 8.93. The molecule has 17 heteroatoms. The van der Waals surface area contributed by atoms with Gasteiger partial charge in [0.05, 0.1) is 0 Å². The van der Waals surface area contributed by atoms with Crippen LogP contribution in [0.3, 0.4) is 0 Å². The SMILES string of the molecule is CC1=CCC(C)=[N+]1[B-](c1c(F)c(F)c(F)c(F)c1F)(c1c(F)c(F)c(F)c(F)c1F)c1c(F)c(F)c(F)c(F)c1F. The summed E-state index contributed by atoms with van der Waals surface area (Å²) in [5.41, 5.74) is -9.20. The first kappa shape index (κ1) is 30.1. The van der Waals surface area contributed by atoms with Crippen LogP contribution in [0.15, 0.2) is 11.8 Å². The third kappa shape index (κ3) is 3.80. The van der Waals surface area contributed by atoms with Gasteiger partial charge in [0.25, 0.3) is 0 Å². The highest BCUT2D eigenvalue weighted by Crippen LogP contribution is 2.31. The molecule has 3 aromatic carbocycles. The first-order valence-electron chi connectivity index (χ1n) is 11.0. The topological polar surface area (TPSA) is 3.01 Å². The lowest BCUT2D eigenvalue weighted by molar-refractivity contribution is -0.329. The van der Waals surface area contributed by atoms with Gasteiger partial charge in [0.15, 0.2) is 52.4 Å². The summed E-state index contributed by atoms with van der Waals surface area (Å²) >= 11 is 0. The highest BCUT2D eigenvalue weighted by atomic mass is 19.2. The van der Waals surface area contributed by atoms with Crippen molar-refractivity contribution >= 4 is 28.4 Å². The van der Waals surface area contributed by atoms with Gasteiger partial charge in [-0.25, -0.2) is 65.9 Å². The zero-order valence-corrected chi connectivity index (χ0v) is 20.0. The van der Waals surface area contributed by atoms with Crippen molar-refractivity contribution < 1.29 is 70.3 Å². The van der Waals surface area contributed by atoms with Gasteiger partial charge >= 0.3 is 6.28 Å². The van der Waals surface area contributed by atoms with Gasteiger partial charge in [0, 0.05) is 20.3 Å². The van der Waals surface area contributed by atoms with Gasteiger partial charge in [-0.15, -0.1) is 0 Å². The van der Waals surface area contributed by atoms with Crippen LogP contribution < -0.4 is 16.4 Å². The van der Waals surface area contributed by atoms with Crippen LogP contribution in [0, 0.1) is 87.3 Å². The summed E-state index contributed by atoms with van der Waals surface area (Å²) in [7, 11) is 0. The van der Waals surface area contributed by atoms with Gasteiger partial charge in [-0.2, -0.15) is 0 Å². The molecule has 218 valence electrons. The molecule has 1 nitrogen and oxygen atoms in total. The fraction of sp³-hybridized carbons (Fsp3) is 0.125. The van der Waals surface area contributed by atoms with E-state index in [1.165, 1.54) is 0 Å². The third-order valence-electron chi connectivity index (χ3n) is 6.86. The molecule has 1 aliphatic heterocycles. The number of benzene rings is 3. The predicted octanol–water partition coefficient (Wildman–Crippen LogP) is 5.52. The van der Waals surface area contributed by atoms with E-state index in [0.717, 1.165) is 19.9 Å². The monoisotopic (exact) mass is 607 g/mol. The second kappa shape index (κ2) is 9.87. The highest BCUT2D eigenvalue weighted by Gasteiger charge is 2.58. The molecule has 1 heterocycles. The van der Waals surface area contributed by atoms with Gasteiger partial charge in [0.1, 0.15) is 46.3 Å².